The van der Waals surface area contributed by atoms with E-state index in [9.17, 15) is 4.79 Å². The molecule has 1 unspecified atom stereocenters. The Morgan fingerprint density at radius 2 is 1.93 bits per heavy atom. The van der Waals surface area contributed by atoms with E-state index in [1.165, 1.54) is 0 Å². The molecule has 0 spiro atoms. The molecule has 3 N–H and O–H groups in total. The van der Waals surface area contributed by atoms with Crippen molar-refractivity contribution in [2.45, 2.75) is 59.7 Å². The van der Waals surface area contributed by atoms with E-state index >= 15 is 0 Å². The molecule has 2 rings (SSSR count). The summed E-state index contributed by atoms with van der Waals surface area (Å²) < 4.78 is 2.04. The van der Waals surface area contributed by atoms with Crippen molar-refractivity contribution < 1.29 is 4.79 Å². The van der Waals surface area contributed by atoms with E-state index in [0.29, 0.717) is 12.1 Å². The smallest absolute Gasteiger partial charge is 0.251 e. The maximum atomic E-state index is 12.2. The minimum atomic E-state index is -0.0372. The fourth-order valence-corrected chi connectivity index (χ4v) is 2.72. The lowest BCUT2D eigenvalue weighted by Crippen LogP contribution is -2.38. The molecule has 0 aliphatic heterocycles. The molecule has 0 bridgehead atoms. The fourth-order valence-electron chi connectivity index (χ4n) is 2.72. The number of hydrogen-bond donors (Lipinski definition) is 3. The van der Waals surface area contributed by atoms with Gasteiger partial charge in [-0.1, -0.05) is 26.0 Å². The second kappa shape index (κ2) is 11.8. The Morgan fingerprint density at radius 3 is 2.59 bits per heavy atom. The number of aliphatic imine (C=N–C) groups is 1. The predicted octanol–water partition coefficient (Wildman–Crippen LogP) is 2.12. The van der Waals surface area contributed by atoms with Crippen LogP contribution < -0.4 is 16.0 Å². The van der Waals surface area contributed by atoms with Gasteiger partial charge in [-0.05, 0) is 38.0 Å². The highest BCUT2D eigenvalue weighted by Crippen LogP contribution is 2.06. The predicted molar refractivity (Wildman–Crippen MR) is 116 cm³/mol. The summed E-state index contributed by atoms with van der Waals surface area (Å²) in [5, 5.41) is 17.6. The molecule has 0 aliphatic carbocycles. The summed E-state index contributed by atoms with van der Waals surface area (Å²) in [6.45, 7) is 11.0. The van der Waals surface area contributed by atoms with Gasteiger partial charge in [0.15, 0.2) is 5.96 Å². The monoisotopic (exact) mass is 399 g/mol. The largest absolute Gasteiger partial charge is 0.357 e. The van der Waals surface area contributed by atoms with Gasteiger partial charge in [-0.2, -0.15) is 0 Å². The molecule has 8 nitrogen and oxygen atoms in total. The van der Waals surface area contributed by atoms with Gasteiger partial charge in [0.1, 0.15) is 12.2 Å². The zero-order valence-electron chi connectivity index (χ0n) is 17.9. The number of rotatable bonds is 10. The second-order valence-electron chi connectivity index (χ2n) is 6.90. The fraction of sp³-hybridized carbons (Fsp3) is 0.524. The molecule has 8 heteroatoms. The van der Waals surface area contributed by atoms with Crippen LogP contribution in [0.5, 0.6) is 0 Å². The average Bonchev–Trinajstić information content (AvgIpc) is 3.19. The Hall–Kier alpha value is -2.90. The van der Waals surface area contributed by atoms with Gasteiger partial charge in [0.05, 0.1) is 6.54 Å². The minimum absolute atomic E-state index is 0.0372. The highest BCUT2D eigenvalue weighted by Gasteiger charge is 2.08. The zero-order chi connectivity index (χ0) is 21.1. The number of amides is 1. The van der Waals surface area contributed by atoms with E-state index < -0.39 is 0 Å². The molecule has 1 atom stereocenters. The van der Waals surface area contributed by atoms with Crippen LogP contribution >= 0.6 is 0 Å². The molecule has 0 saturated heterocycles. The van der Waals surface area contributed by atoms with Crippen molar-refractivity contribution in [1.29, 1.82) is 0 Å². The summed E-state index contributed by atoms with van der Waals surface area (Å²) >= 11 is 0. The summed E-state index contributed by atoms with van der Waals surface area (Å²) in [5.74, 6) is 1.70. The van der Waals surface area contributed by atoms with Gasteiger partial charge in [0.2, 0.25) is 0 Å². The van der Waals surface area contributed by atoms with E-state index in [4.69, 9.17) is 0 Å². The lowest BCUT2D eigenvalue weighted by molar-refractivity contribution is 0.0939. The van der Waals surface area contributed by atoms with Crippen LogP contribution in [-0.2, 0) is 19.5 Å². The molecular formula is C21H33N7O. The van der Waals surface area contributed by atoms with Gasteiger partial charge in [0.25, 0.3) is 5.91 Å². The number of nitrogens with one attached hydrogen (secondary N) is 3. The third kappa shape index (κ3) is 7.21. The Labute approximate surface area is 173 Å². The molecule has 2 aromatic rings. The number of aromatic nitrogens is 3. The number of carbonyl (C=O) groups is 1. The first-order valence-electron chi connectivity index (χ1n) is 10.4. The molecule has 1 aromatic heterocycles. The Bertz CT molecular complexity index is 783. The molecule has 158 valence electrons. The lowest BCUT2D eigenvalue weighted by Gasteiger charge is -2.13. The summed E-state index contributed by atoms with van der Waals surface area (Å²) in [7, 11) is 0. The van der Waals surface area contributed by atoms with Gasteiger partial charge >= 0.3 is 0 Å². The third-order valence-corrected chi connectivity index (χ3v) is 4.63. The van der Waals surface area contributed by atoms with E-state index in [2.05, 4.69) is 45.0 Å². The zero-order valence-corrected chi connectivity index (χ0v) is 17.9. The Morgan fingerprint density at radius 1 is 1.17 bits per heavy atom. The molecular weight excluding hydrogens is 366 g/mol. The van der Waals surface area contributed by atoms with Crippen molar-refractivity contribution in [3.05, 3.63) is 47.5 Å². The molecule has 0 radical (unpaired) electrons. The van der Waals surface area contributed by atoms with Crippen molar-refractivity contribution in [3.63, 3.8) is 0 Å². The number of nitrogens with zero attached hydrogens (tertiary/aromatic N) is 4. The van der Waals surface area contributed by atoms with Crippen LogP contribution in [0.1, 0.15) is 55.9 Å². The van der Waals surface area contributed by atoms with E-state index in [1.54, 1.807) is 6.33 Å². The van der Waals surface area contributed by atoms with Gasteiger partial charge in [0, 0.05) is 37.7 Å². The van der Waals surface area contributed by atoms with Crippen molar-refractivity contribution in [3.8, 4) is 0 Å². The number of guanidine groups is 1. The lowest BCUT2D eigenvalue weighted by atomic mass is 10.1. The maximum Gasteiger partial charge on any atom is 0.251 e. The quantitative estimate of drug-likeness (QED) is 0.420. The first kappa shape index (κ1) is 22.4. The van der Waals surface area contributed by atoms with Crippen LogP contribution in [0.4, 0.5) is 0 Å². The molecule has 0 aliphatic rings. The normalized spacial score (nSPS) is 12.5. The van der Waals surface area contributed by atoms with Crippen LogP contribution in [0.25, 0.3) is 0 Å². The Balaban J connectivity index is 1.89. The van der Waals surface area contributed by atoms with Crippen molar-refractivity contribution in [1.82, 2.24) is 30.7 Å². The molecule has 1 heterocycles. The summed E-state index contributed by atoms with van der Waals surface area (Å²) in [6, 6.07) is 7.77. The van der Waals surface area contributed by atoms with Crippen LogP contribution in [0.15, 0.2) is 35.6 Å². The van der Waals surface area contributed by atoms with Crippen LogP contribution in [-0.4, -0.2) is 45.8 Å². The van der Waals surface area contributed by atoms with Gasteiger partial charge in [-0.15, -0.1) is 10.2 Å². The topological polar surface area (TPSA) is 96.2 Å². The number of hydrogen-bond acceptors (Lipinski definition) is 4. The van der Waals surface area contributed by atoms with Crippen LogP contribution in [0, 0.1) is 0 Å². The van der Waals surface area contributed by atoms with Crippen molar-refractivity contribution >= 4 is 11.9 Å². The number of aryl methyl sites for hydroxylation is 1. The highest BCUT2D eigenvalue weighted by molar-refractivity contribution is 5.94. The molecule has 0 saturated carbocycles. The number of carbonyl (C=O) groups excluding carboxylic acids is 1. The number of benzene rings is 1. The summed E-state index contributed by atoms with van der Waals surface area (Å²) in [4.78, 5) is 16.8. The SMILES string of the molecule is CCNC(=NCc1ccc(C(=O)NC(C)CC)cc1)NCCn1cnnc1CC. The van der Waals surface area contributed by atoms with Crippen LogP contribution in [0.2, 0.25) is 0 Å². The second-order valence-corrected chi connectivity index (χ2v) is 6.90. The average molecular weight is 400 g/mol. The van der Waals surface area contributed by atoms with Crippen molar-refractivity contribution in [2.24, 2.45) is 4.99 Å². The maximum absolute atomic E-state index is 12.2. The highest BCUT2D eigenvalue weighted by atomic mass is 16.1. The standard InChI is InChI=1S/C21H33N7O/c1-5-16(4)26-20(29)18-10-8-17(9-11-18)14-24-21(22-7-3)23-12-13-28-15-25-27-19(28)6-2/h8-11,15-16H,5-7,12-14H2,1-4H3,(H,26,29)(H2,22,23,24). The molecule has 0 fully saturated rings. The first-order chi connectivity index (χ1) is 14.1. The molecule has 1 amide bonds. The van der Waals surface area contributed by atoms with Gasteiger partial charge < -0.3 is 20.5 Å². The molecule has 1 aromatic carbocycles. The van der Waals surface area contributed by atoms with Gasteiger partial charge in [-0.25, -0.2) is 4.99 Å². The van der Waals surface area contributed by atoms with Crippen molar-refractivity contribution in [2.75, 3.05) is 13.1 Å². The van der Waals surface area contributed by atoms with E-state index in [-0.39, 0.29) is 11.9 Å². The summed E-state index contributed by atoms with van der Waals surface area (Å²) in [6.07, 6.45) is 3.53. The first-order valence-corrected chi connectivity index (χ1v) is 10.4. The minimum Gasteiger partial charge on any atom is -0.357 e. The van der Waals surface area contributed by atoms with Crippen LogP contribution in [0.3, 0.4) is 0 Å². The Kier molecular flexibility index (Phi) is 9.14. The molecule has 29 heavy (non-hydrogen) atoms. The third-order valence-electron chi connectivity index (χ3n) is 4.63. The van der Waals surface area contributed by atoms with E-state index in [1.807, 2.05) is 42.7 Å². The summed E-state index contributed by atoms with van der Waals surface area (Å²) in [5.41, 5.74) is 1.72. The van der Waals surface area contributed by atoms with Gasteiger partial charge in [-0.3, -0.25) is 4.79 Å². The van der Waals surface area contributed by atoms with E-state index in [0.717, 1.165) is 49.8 Å².